The molecule has 0 radical (unpaired) electrons. The van der Waals surface area contributed by atoms with E-state index in [1.165, 1.54) is 25.7 Å². The van der Waals surface area contributed by atoms with Crippen LogP contribution in [0.4, 0.5) is 0 Å². The molecule has 1 atom stereocenters. The quantitative estimate of drug-likeness (QED) is 0.232. The highest BCUT2D eigenvalue weighted by molar-refractivity contribution is 5.78. The van der Waals surface area contributed by atoms with Crippen molar-refractivity contribution in [1.82, 2.24) is 5.32 Å². The molecule has 3 nitrogen and oxygen atoms in total. The van der Waals surface area contributed by atoms with Crippen molar-refractivity contribution in [2.45, 2.75) is 78.6 Å². The Morgan fingerprint density at radius 1 is 0.857 bits per heavy atom. The highest BCUT2D eigenvalue weighted by Gasteiger charge is 2.20. The standard InChI is InChI=1S/C25H43NO2/c1-4-5-6-7-8-9-10-11-12-13-14-15-16-17-18-19-20-24(23(2)3)25(28)26-21-22-27/h8-9,11-12,14-15,17-18,23-24,27H,4-7,10,13,16,19-22H2,1-3H3,(H,26,28)/b9-8-,12-11-,15-14-,18-17-. The van der Waals surface area contributed by atoms with Gasteiger partial charge >= 0.3 is 0 Å². The maximum absolute atomic E-state index is 12.1. The highest BCUT2D eigenvalue weighted by Crippen LogP contribution is 2.17. The number of carbonyl (C=O) groups excluding carboxylic acids is 1. The van der Waals surface area contributed by atoms with Crippen molar-refractivity contribution in [3.8, 4) is 0 Å². The van der Waals surface area contributed by atoms with Crippen molar-refractivity contribution >= 4 is 5.91 Å². The fourth-order valence-corrected chi connectivity index (χ4v) is 2.91. The minimum Gasteiger partial charge on any atom is -0.395 e. The van der Waals surface area contributed by atoms with Crippen LogP contribution < -0.4 is 5.32 Å². The Kier molecular flexibility index (Phi) is 19.0. The fourth-order valence-electron chi connectivity index (χ4n) is 2.91. The second-order valence-electron chi connectivity index (χ2n) is 7.53. The van der Waals surface area contributed by atoms with Gasteiger partial charge in [-0.05, 0) is 50.9 Å². The Hall–Kier alpha value is -1.61. The first-order valence-electron chi connectivity index (χ1n) is 11.1. The van der Waals surface area contributed by atoms with Gasteiger partial charge in [0.05, 0.1) is 6.61 Å². The summed E-state index contributed by atoms with van der Waals surface area (Å²) in [6.45, 7) is 6.72. The second kappa shape index (κ2) is 20.1. The first kappa shape index (κ1) is 26.4. The lowest BCUT2D eigenvalue weighted by Crippen LogP contribution is -2.35. The summed E-state index contributed by atoms with van der Waals surface area (Å²) in [5, 5.41) is 11.6. The van der Waals surface area contributed by atoms with Crippen LogP contribution in [0.1, 0.15) is 78.6 Å². The summed E-state index contributed by atoms with van der Waals surface area (Å²) in [4.78, 5) is 12.1. The van der Waals surface area contributed by atoms with Gasteiger partial charge in [0.25, 0.3) is 0 Å². The number of aliphatic hydroxyl groups excluding tert-OH is 1. The minimum absolute atomic E-state index is 0.00622. The van der Waals surface area contributed by atoms with Crippen molar-refractivity contribution in [3.05, 3.63) is 48.6 Å². The molecule has 1 amide bonds. The SMILES string of the molecule is CCCCC/C=C\C/C=C\C/C=C\C/C=C\CCC(C(=O)NCCO)C(C)C. The van der Waals surface area contributed by atoms with Crippen LogP contribution in [0.5, 0.6) is 0 Å². The fraction of sp³-hybridized carbons (Fsp3) is 0.640. The number of hydrogen-bond donors (Lipinski definition) is 2. The van der Waals surface area contributed by atoms with Crippen molar-refractivity contribution in [2.24, 2.45) is 11.8 Å². The maximum Gasteiger partial charge on any atom is 0.223 e. The number of allylic oxidation sites excluding steroid dienone is 8. The van der Waals surface area contributed by atoms with Gasteiger partial charge in [0.1, 0.15) is 0 Å². The van der Waals surface area contributed by atoms with Crippen LogP contribution in [0.25, 0.3) is 0 Å². The van der Waals surface area contributed by atoms with Gasteiger partial charge < -0.3 is 10.4 Å². The summed E-state index contributed by atoms with van der Waals surface area (Å²) in [5.74, 6) is 0.377. The van der Waals surface area contributed by atoms with Crippen molar-refractivity contribution in [1.29, 1.82) is 0 Å². The Labute approximate surface area is 173 Å². The molecule has 0 fully saturated rings. The number of aliphatic hydroxyl groups is 1. The molecular weight excluding hydrogens is 346 g/mol. The van der Waals surface area contributed by atoms with Crippen LogP contribution in [-0.2, 0) is 4.79 Å². The molecule has 0 aliphatic carbocycles. The van der Waals surface area contributed by atoms with E-state index in [0.717, 1.165) is 32.1 Å². The molecule has 0 aromatic rings. The minimum atomic E-state index is -0.00622. The van der Waals surface area contributed by atoms with Crippen LogP contribution in [0.3, 0.4) is 0 Å². The molecule has 0 saturated carbocycles. The van der Waals surface area contributed by atoms with Gasteiger partial charge in [-0.15, -0.1) is 0 Å². The lowest BCUT2D eigenvalue weighted by atomic mass is 9.90. The van der Waals surface area contributed by atoms with E-state index in [4.69, 9.17) is 5.11 Å². The van der Waals surface area contributed by atoms with E-state index in [1.807, 2.05) is 0 Å². The first-order valence-corrected chi connectivity index (χ1v) is 11.1. The smallest absolute Gasteiger partial charge is 0.223 e. The molecule has 3 heteroatoms. The third-order valence-corrected chi connectivity index (χ3v) is 4.65. The number of hydrogen-bond acceptors (Lipinski definition) is 2. The van der Waals surface area contributed by atoms with Crippen LogP contribution in [-0.4, -0.2) is 24.2 Å². The molecule has 0 saturated heterocycles. The molecule has 2 N–H and O–H groups in total. The molecule has 0 spiro atoms. The van der Waals surface area contributed by atoms with E-state index < -0.39 is 0 Å². The summed E-state index contributed by atoms with van der Waals surface area (Å²) >= 11 is 0. The number of rotatable bonds is 17. The third-order valence-electron chi connectivity index (χ3n) is 4.65. The molecule has 0 heterocycles. The van der Waals surface area contributed by atoms with Gasteiger partial charge in [-0.2, -0.15) is 0 Å². The van der Waals surface area contributed by atoms with Crippen molar-refractivity contribution in [3.63, 3.8) is 0 Å². The predicted octanol–water partition coefficient (Wildman–Crippen LogP) is 6.12. The number of carbonyl (C=O) groups is 1. The van der Waals surface area contributed by atoms with Gasteiger partial charge in [0.15, 0.2) is 0 Å². The van der Waals surface area contributed by atoms with E-state index in [2.05, 4.69) is 74.7 Å². The van der Waals surface area contributed by atoms with E-state index in [9.17, 15) is 4.79 Å². The zero-order chi connectivity index (χ0) is 20.9. The number of unbranched alkanes of at least 4 members (excludes halogenated alkanes) is 3. The summed E-state index contributed by atoms with van der Waals surface area (Å²) < 4.78 is 0. The first-order chi connectivity index (χ1) is 13.6. The van der Waals surface area contributed by atoms with Gasteiger partial charge in [0, 0.05) is 12.5 Å². The Balaban J connectivity index is 3.81. The van der Waals surface area contributed by atoms with Crippen LogP contribution >= 0.6 is 0 Å². The van der Waals surface area contributed by atoms with E-state index in [-0.39, 0.29) is 18.4 Å². The lowest BCUT2D eigenvalue weighted by Gasteiger charge is -2.19. The maximum atomic E-state index is 12.1. The molecular formula is C25H43NO2. The largest absolute Gasteiger partial charge is 0.395 e. The van der Waals surface area contributed by atoms with Crippen LogP contribution in [0.15, 0.2) is 48.6 Å². The van der Waals surface area contributed by atoms with Gasteiger partial charge in [-0.3, -0.25) is 4.79 Å². The molecule has 28 heavy (non-hydrogen) atoms. The zero-order valence-corrected chi connectivity index (χ0v) is 18.4. The normalized spacial score (nSPS) is 13.6. The third kappa shape index (κ3) is 16.6. The van der Waals surface area contributed by atoms with Crippen LogP contribution in [0.2, 0.25) is 0 Å². The lowest BCUT2D eigenvalue weighted by molar-refractivity contribution is -0.126. The Morgan fingerprint density at radius 2 is 1.39 bits per heavy atom. The topological polar surface area (TPSA) is 49.3 Å². The average Bonchev–Trinajstić information content (AvgIpc) is 2.68. The number of nitrogens with one attached hydrogen (secondary N) is 1. The molecule has 1 unspecified atom stereocenters. The van der Waals surface area contributed by atoms with Gasteiger partial charge in [-0.1, -0.05) is 82.2 Å². The van der Waals surface area contributed by atoms with Crippen molar-refractivity contribution < 1.29 is 9.90 Å². The monoisotopic (exact) mass is 389 g/mol. The molecule has 0 aromatic carbocycles. The van der Waals surface area contributed by atoms with E-state index in [1.54, 1.807) is 0 Å². The van der Waals surface area contributed by atoms with E-state index in [0.29, 0.717) is 12.5 Å². The van der Waals surface area contributed by atoms with Crippen LogP contribution in [0, 0.1) is 11.8 Å². The summed E-state index contributed by atoms with van der Waals surface area (Å²) in [6, 6.07) is 0. The van der Waals surface area contributed by atoms with Gasteiger partial charge in [0.2, 0.25) is 5.91 Å². The van der Waals surface area contributed by atoms with E-state index >= 15 is 0 Å². The second-order valence-corrected chi connectivity index (χ2v) is 7.53. The Bertz CT molecular complexity index is 475. The Morgan fingerprint density at radius 3 is 1.89 bits per heavy atom. The summed E-state index contributed by atoms with van der Waals surface area (Å²) in [6.07, 6.45) is 27.6. The zero-order valence-electron chi connectivity index (χ0n) is 18.4. The van der Waals surface area contributed by atoms with Gasteiger partial charge in [-0.25, -0.2) is 0 Å². The molecule has 0 aromatic heterocycles. The predicted molar refractivity (Wildman–Crippen MR) is 122 cm³/mol. The molecule has 160 valence electrons. The summed E-state index contributed by atoms with van der Waals surface area (Å²) in [5.41, 5.74) is 0. The summed E-state index contributed by atoms with van der Waals surface area (Å²) in [7, 11) is 0. The number of amides is 1. The molecule has 0 rings (SSSR count). The highest BCUT2D eigenvalue weighted by atomic mass is 16.3. The van der Waals surface area contributed by atoms with Crippen molar-refractivity contribution in [2.75, 3.05) is 13.2 Å². The molecule has 0 aliphatic rings. The molecule has 0 aliphatic heterocycles. The molecule has 0 bridgehead atoms. The average molecular weight is 390 g/mol.